The van der Waals surface area contributed by atoms with Gasteiger partial charge in [-0.2, -0.15) is 0 Å². The molecule has 3 aliphatic heterocycles. The maximum Gasteiger partial charge on any atom is 0.257 e. The summed E-state index contributed by atoms with van der Waals surface area (Å²) in [4.78, 5) is 30.4. The van der Waals surface area contributed by atoms with Crippen molar-refractivity contribution >= 4 is 11.8 Å². The minimum atomic E-state index is -0.650. The van der Waals surface area contributed by atoms with Gasteiger partial charge in [-0.15, -0.1) is 0 Å². The molecule has 0 saturated carbocycles. The molecule has 2 atom stereocenters. The molecular formula is C27H33N3O5. The van der Waals surface area contributed by atoms with E-state index in [9.17, 15) is 14.7 Å². The van der Waals surface area contributed by atoms with E-state index < -0.39 is 6.10 Å². The third-order valence-electron chi connectivity index (χ3n) is 6.98. The minimum absolute atomic E-state index is 0.0434. The van der Waals surface area contributed by atoms with Crippen LogP contribution in [0.2, 0.25) is 0 Å². The van der Waals surface area contributed by atoms with Crippen molar-refractivity contribution in [3.05, 3.63) is 59.2 Å². The monoisotopic (exact) mass is 479 g/mol. The Morgan fingerprint density at radius 1 is 1.14 bits per heavy atom. The first-order chi connectivity index (χ1) is 16.9. The zero-order valence-corrected chi connectivity index (χ0v) is 20.4. The Hall–Kier alpha value is -3.10. The first-order valence-corrected chi connectivity index (χ1v) is 12.3. The van der Waals surface area contributed by atoms with E-state index in [-0.39, 0.29) is 30.6 Å². The average Bonchev–Trinajstić information content (AvgIpc) is 2.90. The summed E-state index contributed by atoms with van der Waals surface area (Å²) in [6.07, 6.45) is 0.0519. The number of carbonyl (C=O) groups excluding carboxylic acids is 2. The number of amides is 2. The van der Waals surface area contributed by atoms with Gasteiger partial charge in [0.15, 0.2) is 0 Å². The molecule has 5 rings (SSSR count). The summed E-state index contributed by atoms with van der Waals surface area (Å²) in [5, 5.41) is 10.9. The Balaban J connectivity index is 1.21. The van der Waals surface area contributed by atoms with Gasteiger partial charge in [-0.1, -0.05) is 24.3 Å². The van der Waals surface area contributed by atoms with Gasteiger partial charge in [0.2, 0.25) is 5.91 Å². The number of aliphatic hydroxyl groups is 1. The fourth-order valence-electron chi connectivity index (χ4n) is 5.11. The third-order valence-corrected chi connectivity index (χ3v) is 6.98. The fraction of sp³-hybridized carbons (Fsp3) is 0.481. The summed E-state index contributed by atoms with van der Waals surface area (Å²) in [6, 6.07) is 13.7. The number of β-amino-alcohol motifs (C(OH)–C–C–N with tert-alkyl or cyclic N) is 1. The molecule has 8 nitrogen and oxygen atoms in total. The smallest absolute Gasteiger partial charge is 0.257 e. The SMILES string of the molecule is CC(=O)N1CC(Oc2ccc3c(c2)OC(C)CN(CC(O)CN2CCc4ccccc4C2)C3=O)C1. The number of ether oxygens (including phenoxy) is 2. The molecule has 2 aromatic carbocycles. The van der Waals surface area contributed by atoms with Crippen LogP contribution in [0.15, 0.2) is 42.5 Å². The summed E-state index contributed by atoms with van der Waals surface area (Å²) in [6.45, 7) is 7.50. The molecule has 1 N–H and O–H groups in total. The van der Waals surface area contributed by atoms with Crippen molar-refractivity contribution in [3.63, 3.8) is 0 Å². The van der Waals surface area contributed by atoms with E-state index in [1.165, 1.54) is 11.1 Å². The van der Waals surface area contributed by atoms with Gasteiger partial charge in [0.1, 0.15) is 23.7 Å². The second-order valence-electron chi connectivity index (χ2n) is 9.87. The van der Waals surface area contributed by atoms with Crippen molar-refractivity contribution in [2.75, 3.05) is 39.3 Å². The maximum atomic E-state index is 13.3. The van der Waals surface area contributed by atoms with Crippen molar-refractivity contribution in [1.82, 2.24) is 14.7 Å². The van der Waals surface area contributed by atoms with Crippen molar-refractivity contribution < 1.29 is 24.2 Å². The molecule has 2 unspecified atom stereocenters. The highest BCUT2D eigenvalue weighted by molar-refractivity contribution is 5.97. The molecule has 3 heterocycles. The maximum absolute atomic E-state index is 13.3. The average molecular weight is 480 g/mol. The molecule has 2 aromatic rings. The first kappa shape index (κ1) is 23.6. The molecule has 8 heteroatoms. The fourth-order valence-corrected chi connectivity index (χ4v) is 5.11. The number of hydrogen-bond donors (Lipinski definition) is 1. The molecule has 0 aromatic heterocycles. The van der Waals surface area contributed by atoms with Crippen LogP contribution < -0.4 is 9.47 Å². The Labute approximate surface area is 206 Å². The summed E-state index contributed by atoms with van der Waals surface area (Å²) in [5.74, 6) is 1.01. The Bertz CT molecular complexity index is 1100. The van der Waals surface area contributed by atoms with Crippen LogP contribution >= 0.6 is 0 Å². The predicted molar refractivity (Wildman–Crippen MR) is 131 cm³/mol. The number of likely N-dealkylation sites (tertiary alicyclic amines) is 1. The lowest BCUT2D eigenvalue weighted by atomic mass is 10.00. The van der Waals surface area contributed by atoms with E-state index in [4.69, 9.17) is 9.47 Å². The van der Waals surface area contributed by atoms with Gasteiger partial charge in [0, 0.05) is 39.2 Å². The predicted octanol–water partition coefficient (Wildman–Crippen LogP) is 1.94. The van der Waals surface area contributed by atoms with Crippen molar-refractivity contribution in [2.24, 2.45) is 0 Å². The summed E-state index contributed by atoms with van der Waals surface area (Å²) in [5.41, 5.74) is 3.15. The Morgan fingerprint density at radius 2 is 1.91 bits per heavy atom. The first-order valence-electron chi connectivity index (χ1n) is 12.3. The molecule has 0 aliphatic carbocycles. The third kappa shape index (κ3) is 5.28. The highest BCUT2D eigenvalue weighted by Crippen LogP contribution is 2.31. The highest BCUT2D eigenvalue weighted by atomic mass is 16.5. The number of hydrogen-bond acceptors (Lipinski definition) is 6. The zero-order valence-electron chi connectivity index (χ0n) is 20.4. The van der Waals surface area contributed by atoms with Crippen molar-refractivity contribution in [2.45, 2.75) is 45.1 Å². The number of nitrogens with zero attached hydrogens (tertiary/aromatic N) is 3. The lowest BCUT2D eigenvalue weighted by Gasteiger charge is -2.38. The Kier molecular flexibility index (Phi) is 6.67. The zero-order chi connectivity index (χ0) is 24.5. The molecule has 35 heavy (non-hydrogen) atoms. The van der Waals surface area contributed by atoms with Crippen LogP contribution in [0.1, 0.15) is 35.3 Å². The number of rotatable bonds is 6. The van der Waals surface area contributed by atoms with Crippen molar-refractivity contribution in [1.29, 1.82) is 0 Å². The van der Waals surface area contributed by atoms with E-state index in [1.54, 1.807) is 34.9 Å². The lowest BCUT2D eigenvalue weighted by molar-refractivity contribution is -0.137. The molecule has 186 valence electrons. The number of benzene rings is 2. The second kappa shape index (κ2) is 9.87. The van der Waals surface area contributed by atoms with Gasteiger partial charge in [0.05, 0.1) is 31.3 Å². The normalized spacial score (nSPS) is 21.3. The van der Waals surface area contributed by atoms with Gasteiger partial charge >= 0.3 is 0 Å². The molecule has 0 spiro atoms. The molecule has 2 amide bonds. The molecule has 3 aliphatic rings. The molecule has 0 radical (unpaired) electrons. The topological polar surface area (TPSA) is 82.6 Å². The summed E-state index contributed by atoms with van der Waals surface area (Å²) in [7, 11) is 0. The van der Waals surface area contributed by atoms with Gasteiger partial charge in [-0.3, -0.25) is 14.5 Å². The van der Waals surface area contributed by atoms with E-state index in [2.05, 4.69) is 29.2 Å². The molecule has 1 fully saturated rings. The van der Waals surface area contributed by atoms with E-state index in [1.807, 2.05) is 6.92 Å². The van der Waals surface area contributed by atoms with Crippen LogP contribution in [0.3, 0.4) is 0 Å². The minimum Gasteiger partial charge on any atom is -0.488 e. The van der Waals surface area contributed by atoms with Crippen LogP contribution in [0.5, 0.6) is 11.5 Å². The lowest BCUT2D eigenvalue weighted by Crippen LogP contribution is -2.55. The van der Waals surface area contributed by atoms with Gasteiger partial charge < -0.3 is 24.4 Å². The van der Waals surface area contributed by atoms with E-state index in [0.717, 1.165) is 19.5 Å². The van der Waals surface area contributed by atoms with Crippen LogP contribution in [0.25, 0.3) is 0 Å². The van der Waals surface area contributed by atoms with Crippen LogP contribution in [-0.2, 0) is 17.8 Å². The van der Waals surface area contributed by atoms with Crippen LogP contribution in [0, 0.1) is 0 Å². The highest BCUT2D eigenvalue weighted by Gasteiger charge is 2.32. The number of fused-ring (bicyclic) bond motifs is 2. The van der Waals surface area contributed by atoms with Gasteiger partial charge in [-0.25, -0.2) is 0 Å². The molecule has 0 bridgehead atoms. The molecule has 1 saturated heterocycles. The largest absolute Gasteiger partial charge is 0.488 e. The van der Waals surface area contributed by atoms with Gasteiger partial charge in [-0.05, 0) is 36.6 Å². The Morgan fingerprint density at radius 3 is 2.69 bits per heavy atom. The van der Waals surface area contributed by atoms with Gasteiger partial charge in [0.25, 0.3) is 5.91 Å². The van der Waals surface area contributed by atoms with Crippen LogP contribution in [-0.4, -0.2) is 89.2 Å². The quantitative estimate of drug-likeness (QED) is 0.682. The summed E-state index contributed by atoms with van der Waals surface area (Å²) >= 11 is 0. The summed E-state index contributed by atoms with van der Waals surface area (Å²) < 4.78 is 12.0. The van der Waals surface area contributed by atoms with Crippen molar-refractivity contribution in [3.8, 4) is 11.5 Å². The standard InChI is InChI=1S/C27H33N3O5/c1-18-12-30(15-22(32)14-28-10-9-20-5-3-4-6-21(20)13-28)27(33)25-8-7-23(11-26(25)34-18)35-24-16-29(17-24)19(2)31/h3-8,11,18,22,24,32H,9-10,12-17H2,1-2H3. The van der Waals surface area contributed by atoms with E-state index in [0.29, 0.717) is 43.2 Å². The second-order valence-corrected chi connectivity index (χ2v) is 9.87. The number of carbonyl (C=O) groups is 2. The number of aliphatic hydroxyl groups excluding tert-OH is 1. The van der Waals surface area contributed by atoms with Crippen LogP contribution in [0.4, 0.5) is 0 Å². The molecular weight excluding hydrogens is 446 g/mol. The van der Waals surface area contributed by atoms with E-state index >= 15 is 0 Å².